The van der Waals surface area contributed by atoms with Crippen LogP contribution in [0.5, 0.6) is 0 Å². The highest BCUT2D eigenvalue weighted by Gasteiger charge is 2.38. The molecule has 18 heavy (non-hydrogen) atoms. The predicted octanol–water partition coefficient (Wildman–Crippen LogP) is 2.49. The van der Waals surface area contributed by atoms with Gasteiger partial charge in [-0.15, -0.1) is 0 Å². The molecular formula is C12H15F4NO. The average Bonchev–Trinajstić information content (AvgIpc) is 2.22. The molecule has 6 heteroatoms. The van der Waals surface area contributed by atoms with Crippen LogP contribution >= 0.6 is 0 Å². The molecule has 0 saturated carbocycles. The zero-order chi connectivity index (χ0) is 13.9. The van der Waals surface area contributed by atoms with Crippen molar-refractivity contribution < 1.29 is 22.7 Å². The van der Waals surface area contributed by atoms with Gasteiger partial charge < -0.3 is 5.11 Å². The van der Waals surface area contributed by atoms with Gasteiger partial charge in [-0.25, -0.2) is 4.39 Å². The first-order chi connectivity index (χ1) is 8.20. The minimum Gasteiger partial charge on any atom is -0.382 e. The molecule has 1 aromatic carbocycles. The highest BCUT2D eigenvalue weighted by Crippen LogP contribution is 2.21. The van der Waals surface area contributed by atoms with Gasteiger partial charge in [0.1, 0.15) is 5.82 Å². The molecule has 0 bridgehead atoms. The molecule has 1 N–H and O–H groups in total. The third kappa shape index (κ3) is 4.27. The molecule has 0 aliphatic carbocycles. The van der Waals surface area contributed by atoms with Gasteiger partial charge in [-0.1, -0.05) is 6.07 Å². The molecule has 0 heterocycles. The molecule has 1 aromatic rings. The zero-order valence-electron chi connectivity index (χ0n) is 10.1. The number of alkyl halides is 3. The summed E-state index contributed by atoms with van der Waals surface area (Å²) in [5.41, 5.74) is 1.40. The van der Waals surface area contributed by atoms with E-state index in [0.29, 0.717) is 5.56 Å². The molecule has 0 fully saturated rings. The van der Waals surface area contributed by atoms with Crippen LogP contribution in [0.25, 0.3) is 0 Å². The minimum atomic E-state index is -4.63. The van der Waals surface area contributed by atoms with E-state index in [2.05, 4.69) is 0 Å². The first kappa shape index (κ1) is 14.9. The number of aliphatic hydroxyl groups excluding tert-OH is 1. The quantitative estimate of drug-likeness (QED) is 0.845. The summed E-state index contributed by atoms with van der Waals surface area (Å²) in [6.07, 6.45) is -7.03. The standard InChI is InChI=1S/C12H15F4NO/c1-8-3-4-10(13)5-9(8)6-17(2)7-11(18)12(14,15)16/h3-5,11,18H,6-7H2,1-2H3/t11-/m0/s1. The lowest BCUT2D eigenvalue weighted by Crippen LogP contribution is -2.39. The van der Waals surface area contributed by atoms with E-state index < -0.39 is 24.6 Å². The van der Waals surface area contributed by atoms with Gasteiger partial charge in [0.15, 0.2) is 6.10 Å². The third-order valence-corrected chi connectivity index (χ3v) is 2.61. The molecule has 102 valence electrons. The zero-order valence-corrected chi connectivity index (χ0v) is 10.1. The van der Waals surface area contributed by atoms with Crippen molar-refractivity contribution in [1.82, 2.24) is 4.90 Å². The van der Waals surface area contributed by atoms with E-state index in [1.54, 1.807) is 13.0 Å². The predicted molar refractivity (Wildman–Crippen MR) is 59.5 cm³/mol. The van der Waals surface area contributed by atoms with Crippen LogP contribution in [0, 0.1) is 12.7 Å². The van der Waals surface area contributed by atoms with E-state index in [1.807, 2.05) is 0 Å². The molecule has 0 unspecified atom stereocenters. The van der Waals surface area contributed by atoms with Gasteiger partial charge in [-0.2, -0.15) is 13.2 Å². The fourth-order valence-corrected chi connectivity index (χ4v) is 1.56. The maximum atomic E-state index is 13.0. The second kappa shape index (κ2) is 5.67. The largest absolute Gasteiger partial charge is 0.415 e. The van der Waals surface area contributed by atoms with Gasteiger partial charge in [0.25, 0.3) is 0 Å². The monoisotopic (exact) mass is 265 g/mol. The fourth-order valence-electron chi connectivity index (χ4n) is 1.56. The van der Waals surface area contributed by atoms with Crippen molar-refractivity contribution >= 4 is 0 Å². The summed E-state index contributed by atoms with van der Waals surface area (Å²) in [4.78, 5) is 1.31. The molecule has 0 aliphatic rings. The Morgan fingerprint density at radius 3 is 2.50 bits per heavy atom. The van der Waals surface area contributed by atoms with Crippen molar-refractivity contribution in [3.05, 3.63) is 35.1 Å². The van der Waals surface area contributed by atoms with Crippen LogP contribution in [0.2, 0.25) is 0 Å². The fraction of sp³-hybridized carbons (Fsp3) is 0.500. The summed E-state index contributed by atoms with van der Waals surface area (Å²) in [6, 6.07) is 4.15. The van der Waals surface area contributed by atoms with E-state index in [9.17, 15) is 17.6 Å². The third-order valence-electron chi connectivity index (χ3n) is 2.61. The van der Waals surface area contributed by atoms with Crippen molar-refractivity contribution in [3.63, 3.8) is 0 Å². The summed E-state index contributed by atoms with van der Waals surface area (Å²) in [5, 5.41) is 8.92. The van der Waals surface area contributed by atoms with Gasteiger partial charge in [0, 0.05) is 13.1 Å². The molecule has 0 spiro atoms. The molecule has 0 radical (unpaired) electrons. The number of likely N-dealkylation sites (N-methyl/N-ethyl adjacent to an activating group) is 1. The topological polar surface area (TPSA) is 23.5 Å². The SMILES string of the molecule is Cc1ccc(F)cc1CN(C)C[C@H](O)C(F)(F)F. The van der Waals surface area contributed by atoms with E-state index in [4.69, 9.17) is 5.11 Å². The molecule has 0 aromatic heterocycles. The van der Waals surface area contributed by atoms with Crippen LogP contribution < -0.4 is 0 Å². The van der Waals surface area contributed by atoms with Crippen LogP contribution in [-0.4, -0.2) is 35.9 Å². The lowest BCUT2D eigenvalue weighted by molar-refractivity contribution is -0.207. The molecule has 0 aliphatic heterocycles. The van der Waals surface area contributed by atoms with Gasteiger partial charge in [-0.3, -0.25) is 4.90 Å². The summed E-state index contributed by atoms with van der Waals surface area (Å²) >= 11 is 0. The highest BCUT2D eigenvalue weighted by molar-refractivity contribution is 5.26. The van der Waals surface area contributed by atoms with Gasteiger partial charge in [0.05, 0.1) is 0 Å². The Morgan fingerprint density at radius 1 is 1.33 bits per heavy atom. The Morgan fingerprint density at radius 2 is 1.94 bits per heavy atom. The van der Waals surface area contributed by atoms with Crippen LogP contribution in [0.1, 0.15) is 11.1 Å². The number of rotatable bonds is 4. The highest BCUT2D eigenvalue weighted by atomic mass is 19.4. The molecule has 0 amide bonds. The first-order valence-electron chi connectivity index (χ1n) is 5.38. The minimum absolute atomic E-state index is 0.150. The number of hydrogen-bond donors (Lipinski definition) is 1. The van der Waals surface area contributed by atoms with E-state index >= 15 is 0 Å². The number of nitrogens with zero attached hydrogens (tertiary/aromatic N) is 1. The number of aryl methyl sites for hydroxylation is 1. The van der Waals surface area contributed by atoms with Crippen molar-refractivity contribution in [2.75, 3.05) is 13.6 Å². The Kier molecular flexibility index (Phi) is 4.70. The Labute approximate surface area is 103 Å². The van der Waals surface area contributed by atoms with Crippen LogP contribution in [0.15, 0.2) is 18.2 Å². The lowest BCUT2D eigenvalue weighted by atomic mass is 10.1. The maximum Gasteiger partial charge on any atom is 0.415 e. The van der Waals surface area contributed by atoms with E-state index in [-0.39, 0.29) is 6.54 Å². The second-order valence-electron chi connectivity index (χ2n) is 4.32. The molecule has 1 rings (SSSR count). The summed E-state index contributed by atoms with van der Waals surface area (Å²) in [6.45, 7) is 1.36. The maximum absolute atomic E-state index is 13.0. The molecule has 2 nitrogen and oxygen atoms in total. The Bertz CT molecular complexity index is 406. The first-order valence-corrected chi connectivity index (χ1v) is 5.38. The van der Waals surface area contributed by atoms with E-state index in [0.717, 1.165) is 5.56 Å². The van der Waals surface area contributed by atoms with Gasteiger partial charge in [-0.05, 0) is 37.2 Å². The molecule has 1 atom stereocenters. The van der Waals surface area contributed by atoms with Crippen molar-refractivity contribution in [2.24, 2.45) is 0 Å². The average molecular weight is 265 g/mol. The number of hydrogen-bond acceptors (Lipinski definition) is 2. The van der Waals surface area contributed by atoms with Gasteiger partial charge >= 0.3 is 6.18 Å². The number of aliphatic hydroxyl groups is 1. The smallest absolute Gasteiger partial charge is 0.382 e. The lowest BCUT2D eigenvalue weighted by Gasteiger charge is -2.22. The Balaban J connectivity index is 2.65. The summed E-state index contributed by atoms with van der Waals surface area (Å²) in [7, 11) is 1.44. The van der Waals surface area contributed by atoms with E-state index in [1.165, 1.54) is 24.1 Å². The van der Waals surface area contributed by atoms with Crippen molar-refractivity contribution in [1.29, 1.82) is 0 Å². The van der Waals surface area contributed by atoms with Crippen LogP contribution in [-0.2, 0) is 6.54 Å². The molecule has 0 saturated heterocycles. The summed E-state index contributed by atoms with van der Waals surface area (Å²) < 4.78 is 49.5. The summed E-state index contributed by atoms with van der Waals surface area (Å²) in [5.74, 6) is -0.430. The van der Waals surface area contributed by atoms with Crippen molar-refractivity contribution in [2.45, 2.75) is 25.7 Å². The van der Waals surface area contributed by atoms with Crippen molar-refractivity contribution in [3.8, 4) is 0 Å². The van der Waals surface area contributed by atoms with Gasteiger partial charge in [0.2, 0.25) is 0 Å². The second-order valence-corrected chi connectivity index (χ2v) is 4.32. The van der Waals surface area contributed by atoms with Crippen LogP contribution in [0.4, 0.5) is 17.6 Å². The van der Waals surface area contributed by atoms with Crippen LogP contribution in [0.3, 0.4) is 0 Å². The Hall–Kier alpha value is -1.14. The number of halogens is 4. The molecular weight excluding hydrogens is 250 g/mol. The number of benzene rings is 1. The normalized spacial score (nSPS) is 14.0.